The second kappa shape index (κ2) is 6.80. The minimum atomic E-state index is -3.15. The summed E-state index contributed by atoms with van der Waals surface area (Å²) in [6.45, 7) is 1.39. The van der Waals surface area contributed by atoms with Crippen LogP contribution in [0.25, 0.3) is 11.0 Å². The zero-order valence-corrected chi connectivity index (χ0v) is 14.6. The van der Waals surface area contributed by atoms with Crippen molar-refractivity contribution in [1.29, 1.82) is 0 Å². The van der Waals surface area contributed by atoms with Gasteiger partial charge < -0.3 is 10.1 Å². The number of benzene rings is 1. The summed E-state index contributed by atoms with van der Waals surface area (Å²) in [5.41, 5.74) is 0.0330. The van der Waals surface area contributed by atoms with Crippen LogP contribution >= 0.6 is 0 Å². The van der Waals surface area contributed by atoms with Crippen molar-refractivity contribution in [1.82, 2.24) is 9.97 Å². The van der Waals surface area contributed by atoms with E-state index < -0.39 is 26.9 Å². The molecule has 0 saturated carbocycles. The summed E-state index contributed by atoms with van der Waals surface area (Å²) in [6.07, 6.45) is 3.88. The maximum absolute atomic E-state index is 13.4. The largest absolute Gasteiger partial charge is 0.381 e. The molecule has 0 atom stereocenters. The van der Waals surface area contributed by atoms with Crippen LogP contribution < -0.4 is 5.32 Å². The summed E-state index contributed by atoms with van der Waals surface area (Å²) in [6, 6.07) is 1.98. The van der Waals surface area contributed by atoms with Crippen LogP contribution in [0.4, 0.5) is 14.6 Å². The van der Waals surface area contributed by atoms with Crippen LogP contribution in [0.3, 0.4) is 0 Å². The molecule has 0 amide bonds. The van der Waals surface area contributed by atoms with Gasteiger partial charge in [0.2, 0.25) is 0 Å². The SMILES string of the molecule is CS(=O)(=O)CC1(CNc2cnc3cc(F)c(F)cc3n2)CCOCC1. The van der Waals surface area contributed by atoms with Gasteiger partial charge in [0, 0.05) is 43.6 Å². The molecule has 1 N–H and O–H groups in total. The van der Waals surface area contributed by atoms with Gasteiger partial charge in [-0.25, -0.2) is 22.2 Å². The maximum Gasteiger partial charge on any atom is 0.161 e. The third-order valence-electron chi connectivity index (χ3n) is 4.35. The van der Waals surface area contributed by atoms with Crippen LogP contribution in [0.5, 0.6) is 0 Å². The highest BCUT2D eigenvalue weighted by Gasteiger charge is 2.36. The standard InChI is InChI=1S/C16H19F2N3O3S/c1-25(22,23)10-16(2-4-24-5-3-16)9-20-15-8-19-13-6-11(17)12(18)7-14(13)21-15/h6-8H,2-5,9-10H2,1H3,(H,20,21). The fourth-order valence-corrected chi connectivity index (χ4v) is 4.61. The summed E-state index contributed by atoms with van der Waals surface area (Å²) in [5, 5.41) is 3.09. The Morgan fingerprint density at radius 2 is 1.84 bits per heavy atom. The smallest absolute Gasteiger partial charge is 0.161 e. The second-order valence-corrected chi connectivity index (χ2v) is 8.69. The third kappa shape index (κ3) is 4.40. The Balaban J connectivity index is 1.80. The Bertz CT molecular complexity index is 884. The van der Waals surface area contributed by atoms with E-state index in [0.717, 1.165) is 12.1 Å². The number of nitrogens with one attached hydrogen (secondary N) is 1. The van der Waals surface area contributed by atoms with E-state index in [0.29, 0.717) is 38.4 Å². The first-order valence-corrected chi connectivity index (χ1v) is 9.94. The number of hydrogen-bond donors (Lipinski definition) is 1. The van der Waals surface area contributed by atoms with Crippen LogP contribution in [-0.4, -0.2) is 50.2 Å². The molecule has 136 valence electrons. The molecule has 1 aliphatic rings. The molecule has 1 aliphatic heterocycles. The number of sulfone groups is 1. The lowest BCUT2D eigenvalue weighted by molar-refractivity contribution is 0.0315. The molecule has 0 aliphatic carbocycles. The van der Waals surface area contributed by atoms with Gasteiger partial charge in [-0.1, -0.05) is 0 Å². The van der Waals surface area contributed by atoms with E-state index in [1.807, 2.05) is 0 Å². The summed E-state index contributed by atoms with van der Waals surface area (Å²) >= 11 is 0. The van der Waals surface area contributed by atoms with Crippen LogP contribution in [0.15, 0.2) is 18.3 Å². The van der Waals surface area contributed by atoms with Crippen LogP contribution in [0.2, 0.25) is 0 Å². The van der Waals surface area contributed by atoms with E-state index >= 15 is 0 Å². The molecule has 3 rings (SSSR count). The fraction of sp³-hybridized carbons (Fsp3) is 0.500. The lowest BCUT2D eigenvalue weighted by Gasteiger charge is -2.36. The summed E-state index contributed by atoms with van der Waals surface area (Å²) in [7, 11) is -3.15. The number of hydrogen-bond acceptors (Lipinski definition) is 6. The van der Waals surface area contributed by atoms with E-state index in [1.54, 1.807) is 0 Å². The molecule has 6 nitrogen and oxygen atoms in total. The highest BCUT2D eigenvalue weighted by atomic mass is 32.2. The van der Waals surface area contributed by atoms with Gasteiger partial charge in [0.1, 0.15) is 15.7 Å². The van der Waals surface area contributed by atoms with Gasteiger partial charge in [-0.05, 0) is 12.8 Å². The van der Waals surface area contributed by atoms with E-state index in [9.17, 15) is 17.2 Å². The lowest BCUT2D eigenvalue weighted by atomic mass is 9.82. The van der Waals surface area contributed by atoms with E-state index in [2.05, 4.69) is 15.3 Å². The van der Waals surface area contributed by atoms with Crippen molar-refractivity contribution in [3.05, 3.63) is 30.0 Å². The summed E-state index contributed by atoms with van der Waals surface area (Å²) in [5.74, 6) is -1.52. The fourth-order valence-electron chi connectivity index (χ4n) is 3.10. The van der Waals surface area contributed by atoms with Crippen molar-refractivity contribution >= 4 is 26.7 Å². The number of rotatable bonds is 5. The molecule has 0 bridgehead atoms. The Kier molecular flexibility index (Phi) is 4.88. The average Bonchev–Trinajstić information content (AvgIpc) is 2.53. The van der Waals surface area contributed by atoms with Gasteiger partial charge in [0.25, 0.3) is 0 Å². The summed E-state index contributed by atoms with van der Waals surface area (Å²) in [4.78, 5) is 8.30. The predicted molar refractivity (Wildman–Crippen MR) is 90.1 cm³/mol. The van der Waals surface area contributed by atoms with Crippen molar-refractivity contribution < 1.29 is 21.9 Å². The van der Waals surface area contributed by atoms with Crippen LogP contribution in [0.1, 0.15) is 12.8 Å². The number of halogens is 2. The van der Waals surface area contributed by atoms with Gasteiger partial charge >= 0.3 is 0 Å². The van der Waals surface area contributed by atoms with Crippen molar-refractivity contribution in [3.8, 4) is 0 Å². The molecular formula is C16H19F2N3O3S. The minimum Gasteiger partial charge on any atom is -0.381 e. The third-order valence-corrected chi connectivity index (χ3v) is 5.49. The number of fused-ring (bicyclic) bond motifs is 1. The molecule has 0 spiro atoms. The van der Waals surface area contributed by atoms with E-state index in [4.69, 9.17) is 4.74 Å². The van der Waals surface area contributed by atoms with E-state index in [1.165, 1.54) is 12.5 Å². The molecule has 2 heterocycles. The number of aromatic nitrogens is 2. The maximum atomic E-state index is 13.4. The molecule has 0 unspecified atom stereocenters. The highest BCUT2D eigenvalue weighted by molar-refractivity contribution is 7.90. The van der Waals surface area contributed by atoms with Gasteiger partial charge in [0.15, 0.2) is 11.6 Å². The molecule has 2 aromatic rings. The quantitative estimate of drug-likeness (QED) is 0.868. The monoisotopic (exact) mass is 371 g/mol. The predicted octanol–water partition coefficient (Wildman–Crippen LogP) is 2.16. The lowest BCUT2D eigenvalue weighted by Crippen LogP contribution is -2.41. The molecule has 25 heavy (non-hydrogen) atoms. The van der Waals surface area contributed by atoms with Crippen molar-refractivity contribution in [2.24, 2.45) is 5.41 Å². The zero-order chi connectivity index (χ0) is 18.1. The highest BCUT2D eigenvalue weighted by Crippen LogP contribution is 2.32. The van der Waals surface area contributed by atoms with Crippen LogP contribution in [0, 0.1) is 17.0 Å². The number of anilines is 1. The van der Waals surface area contributed by atoms with E-state index in [-0.39, 0.29) is 16.8 Å². The zero-order valence-electron chi connectivity index (χ0n) is 13.8. The Hall–Kier alpha value is -1.87. The Labute approximate surface area is 144 Å². The normalized spacial score (nSPS) is 17.6. The molecule has 0 radical (unpaired) electrons. The van der Waals surface area contributed by atoms with Gasteiger partial charge in [0.05, 0.1) is 23.0 Å². The van der Waals surface area contributed by atoms with Gasteiger partial charge in [-0.15, -0.1) is 0 Å². The first kappa shape index (κ1) is 17.9. The Morgan fingerprint density at radius 3 is 2.48 bits per heavy atom. The van der Waals surface area contributed by atoms with Crippen molar-refractivity contribution in [2.75, 3.05) is 37.1 Å². The van der Waals surface area contributed by atoms with Gasteiger partial charge in [-0.3, -0.25) is 4.98 Å². The minimum absolute atomic E-state index is 0.0528. The van der Waals surface area contributed by atoms with Crippen molar-refractivity contribution in [2.45, 2.75) is 12.8 Å². The van der Waals surface area contributed by atoms with Gasteiger partial charge in [-0.2, -0.15) is 0 Å². The molecule has 1 aromatic heterocycles. The number of nitrogens with zero attached hydrogens (tertiary/aromatic N) is 2. The molecule has 9 heteroatoms. The topological polar surface area (TPSA) is 81.2 Å². The first-order chi connectivity index (χ1) is 11.8. The molecule has 1 fully saturated rings. The van der Waals surface area contributed by atoms with Crippen molar-refractivity contribution in [3.63, 3.8) is 0 Å². The van der Waals surface area contributed by atoms with Crippen LogP contribution in [-0.2, 0) is 14.6 Å². The molecular weight excluding hydrogens is 352 g/mol. The second-order valence-electron chi connectivity index (χ2n) is 6.55. The molecule has 1 aromatic carbocycles. The number of ether oxygens (including phenoxy) is 1. The summed E-state index contributed by atoms with van der Waals surface area (Å²) < 4.78 is 55.5. The molecule has 1 saturated heterocycles. The average molecular weight is 371 g/mol. The Morgan fingerprint density at radius 1 is 1.20 bits per heavy atom. The first-order valence-electron chi connectivity index (χ1n) is 7.88.